The molecular formula is C54H38N4. The van der Waals surface area contributed by atoms with Gasteiger partial charge in [-0.05, 0) is 64.6 Å². The summed E-state index contributed by atoms with van der Waals surface area (Å²) in [7, 11) is 0. The third-order valence-electron chi connectivity index (χ3n) is 10.9. The van der Waals surface area contributed by atoms with Gasteiger partial charge in [0.2, 0.25) is 0 Å². The summed E-state index contributed by atoms with van der Waals surface area (Å²) in [6, 6.07) is 69.9. The molecule has 0 amide bonds. The molecule has 0 spiro atoms. The maximum atomic E-state index is 5.30. The number of benzene rings is 7. The average Bonchev–Trinajstić information content (AvgIpc) is 3.31. The van der Waals surface area contributed by atoms with Gasteiger partial charge in [-0.3, -0.25) is 0 Å². The van der Waals surface area contributed by atoms with E-state index in [-0.39, 0.29) is 0 Å². The van der Waals surface area contributed by atoms with Crippen molar-refractivity contribution in [3.05, 3.63) is 206 Å². The number of aromatic nitrogens is 4. The highest BCUT2D eigenvalue weighted by Gasteiger charge is 2.15. The molecular weight excluding hydrogens is 705 g/mol. The van der Waals surface area contributed by atoms with Crippen LogP contribution in [0.3, 0.4) is 0 Å². The van der Waals surface area contributed by atoms with Gasteiger partial charge >= 0.3 is 0 Å². The first-order valence-corrected chi connectivity index (χ1v) is 19.8. The highest BCUT2D eigenvalue weighted by atomic mass is 14.9. The SMILES string of the molecule is CCc1cc(-c2ccccc2)nc2c1ccc1ccc(-c3cccc(-c4cccc(-c5nc(-c6ccccc6)cc(-c6ccc(-c7ccccc7)cc6)n5)c4)c3)nc12. The van der Waals surface area contributed by atoms with Gasteiger partial charge in [-0.1, -0.05) is 177 Å². The predicted octanol–water partition coefficient (Wildman–Crippen LogP) is 13.8. The van der Waals surface area contributed by atoms with Gasteiger partial charge in [-0.2, -0.15) is 0 Å². The smallest absolute Gasteiger partial charge is 0.160 e. The first-order valence-electron chi connectivity index (χ1n) is 19.8. The molecule has 7 aromatic carbocycles. The summed E-state index contributed by atoms with van der Waals surface area (Å²) in [4.78, 5) is 20.8. The zero-order valence-electron chi connectivity index (χ0n) is 32.0. The van der Waals surface area contributed by atoms with E-state index in [2.05, 4.69) is 177 Å². The molecule has 0 atom stereocenters. The van der Waals surface area contributed by atoms with Gasteiger partial charge in [0.05, 0.1) is 33.8 Å². The fourth-order valence-corrected chi connectivity index (χ4v) is 7.79. The molecule has 274 valence electrons. The van der Waals surface area contributed by atoms with Crippen molar-refractivity contribution in [3.63, 3.8) is 0 Å². The van der Waals surface area contributed by atoms with Gasteiger partial charge in [-0.15, -0.1) is 0 Å². The van der Waals surface area contributed by atoms with Crippen molar-refractivity contribution in [2.24, 2.45) is 0 Å². The normalized spacial score (nSPS) is 11.3. The van der Waals surface area contributed by atoms with E-state index in [9.17, 15) is 0 Å². The fraction of sp³-hybridized carbons (Fsp3) is 0.0370. The summed E-state index contributed by atoms with van der Waals surface area (Å²) < 4.78 is 0. The van der Waals surface area contributed by atoms with E-state index in [0.29, 0.717) is 5.82 Å². The van der Waals surface area contributed by atoms with Crippen LogP contribution in [0.25, 0.3) is 100 Å². The van der Waals surface area contributed by atoms with Crippen LogP contribution in [0.4, 0.5) is 0 Å². The van der Waals surface area contributed by atoms with Crippen LogP contribution >= 0.6 is 0 Å². The molecule has 0 fully saturated rings. The Kier molecular flexibility index (Phi) is 9.13. The molecule has 0 saturated carbocycles. The van der Waals surface area contributed by atoms with Crippen molar-refractivity contribution in [2.75, 3.05) is 0 Å². The third-order valence-corrected chi connectivity index (χ3v) is 10.9. The van der Waals surface area contributed by atoms with Crippen molar-refractivity contribution in [3.8, 4) is 78.7 Å². The molecule has 0 aliphatic carbocycles. The van der Waals surface area contributed by atoms with Gasteiger partial charge in [-0.25, -0.2) is 19.9 Å². The average molecular weight is 743 g/mol. The van der Waals surface area contributed by atoms with Crippen LogP contribution in [0.15, 0.2) is 200 Å². The Morgan fingerprint density at radius 1 is 0.310 bits per heavy atom. The highest BCUT2D eigenvalue weighted by Crippen LogP contribution is 2.34. The Labute approximate surface area is 338 Å². The van der Waals surface area contributed by atoms with Crippen LogP contribution in [-0.4, -0.2) is 19.9 Å². The molecule has 0 aliphatic rings. The van der Waals surface area contributed by atoms with Crippen molar-refractivity contribution >= 4 is 21.8 Å². The Morgan fingerprint density at radius 2 is 0.776 bits per heavy atom. The van der Waals surface area contributed by atoms with Gasteiger partial charge in [0.1, 0.15) is 0 Å². The molecule has 10 aromatic rings. The standard InChI is InChI=1S/C54H38N4/c1-2-36-34-49(39-16-8-4-9-17-39)56-53-47(36)30-28-42-29-31-48(55-52(42)53)45-22-12-20-43(32-45)44-21-13-23-46(33-44)54-57-50(40-18-10-5-11-19-40)35-51(58-54)41-26-24-38(25-27-41)37-14-6-3-7-15-37/h3-35H,2H2,1H3. The second-order valence-corrected chi connectivity index (χ2v) is 14.5. The molecule has 4 heteroatoms. The van der Waals surface area contributed by atoms with E-state index in [4.69, 9.17) is 19.9 Å². The highest BCUT2D eigenvalue weighted by molar-refractivity contribution is 6.05. The molecule has 0 unspecified atom stereocenters. The maximum Gasteiger partial charge on any atom is 0.160 e. The summed E-state index contributed by atoms with van der Waals surface area (Å²) in [5.41, 5.74) is 16.5. The molecule has 0 saturated heterocycles. The van der Waals surface area contributed by atoms with Crippen molar-refractivity contribution < 1.29 is 0 Å². The van der Waals surface area contributed by atoms with E-state index >= 15 is 0 Å². The lowest BCUT2D eigenvalue weighted by Crippen LogP contribution is -1.96. The van der Waals surface area contributed by atoms with Crippen LogP contribution < -0.4 is 0 Å². The summed E-state index contributed by atoms with van der Waals surface area (Å²) >= 11 is 0. The Bertz CT molecular complexity index is 3070. The van der Waals surface area contributed by atoms with Crippen molar-refractivity contribution in [2.45, 2.75) is 13.3 Å². The second kappa shape index (κ2) is 15.2. The lowest BCUT2D eigenvalue weighted by molar-refractivity contribution is 1.15. The number of pyridine rings is 2. The minimum atomic E-state index is 0.679. The van der Waals surface area contributed by atoms with Crippen LogP contribution in [0, 0.1) is 0 Å². The topological polar surface area (TPSA) is 51.6 Å². The minimum Gasteiger partial charge on any atom is -0.245 e. The largest absolute Gasteiger partial charge is 0.245 e. The summed E-state index contributed by atoms with van der Waals surface area (Å²) in [6.07, 6.45) is 0.913. The van der Waals surface area contributed by atoms with Crippen LogP contribution in [0.2, 0.25) is 0 Å². The van der Waals surface area contributed by atoms with Crippen LogP contribution in [0.5, 0.6) is 0 Å². The molecule has 10 rings (SSSR count). The number of hydrogen-bond donors (Lipinski definition) is 0. The van der Waals surface area contributed by atoms with Gasteiger partial charge in [0.15, 0.2) is 5.82 Å². The summed E-state index contributed by atoms with van der Waals surface area (Å²) in [5.74, 6) is 0.679. The molecule has 0 aliphatic heterocycles. The number of aryl methyl sites for hydroxylation is 1. The van der Waals surface area contributed by atoms with Crippen LogP contribution in [0.1, 0.15) is 12.5 Å². The first kappa shape index (κ1) is 34.9. The number of fused-ring (bicyclic) bond motifs is 3. The molecule has 3 aromatic heterocycles. The minimum absolute atomic E-state index is 0.679. The lowest BCUT2D eigenvalue weighted by Gasteiger charge is -2.12. The molecule has 3 heterocycles. The lowest BCUT2D eigenvalue weighted by atomic mass is 9.98. The van der Waals surface area contributed by atoms with E-state index in [1.54, 1.807) is 0 Å². The van der Waals surface area contributed by atoms with E-state index in [1.165, 1.54) is 16.7 Å². The van der Waals surface area contributed by atoms with Crippen molar-refractivity contribution in [1.82, 2.24) is 19.9 Å². The Hall–Kier alpha value is -7.56. The molecule has 0 bridgehead atoms. The molecule has 0 N–H and O–H groups in total. The van der Waals surface area contributed by atoms with Gasteiger partial charge in [0.25, 0.3) is 0 Å². The Balaban J connectivity index is 1.03. The number of rotatable bonds is 8. The first-order chi connectivity index (χ1) is 28.7. The molecule has 4 nitrogen and oxygen atoms in total. The van der Waals surface area contributed by atoms with E-state index in [0.717, 1.165) is 89.9 Å². The zero-order valence-corrected chi connectivity index (χ0v) is 32.0. The quantitative estimate of drug-likeness (QED) is 0.145. The second-order valence-electron chi connectivity index (χ2n) is 14.5. The summed E-state index contributed by atoms with van der Waals surface area (Å²) in [6.45, 7) is 2.20. The third kappa shape index (κ3) is 6.82. The van der Waals surface area contributed by atoms with Crippen LogP contribution in [-0.2, 0) is 6.42 Å². The monoisotopic (exact) mass is 742 g/mol. The van der Waals surface area contributed by atoms with Crippen molar-refractivity contribution in [1.29, 1.82) is 0 Å². The predicted molar refractivity (Wildman–Crippen MR) is 240 cm³/mol. The van der Waals surface area contributed by atoms with Gasteiger partial charge in [0, 0.05) is 38.6 Å². The van der Waals surface area contributed by atoms with E-state index < -0.39 is 0 Å². The maximum absolute atomic E-state index is 5.30. The molecule has 58 heavy (non-hydrogen) atoms. The van der Waals surface area contributed by atoms with E-state index in [1.807, 2.05) is 30.3 Å². The zero-order chi connectivity index (χ0) is 38.8. The van der Waals surface area contributed by atoms with Gasteiger partial charge < -0.3 is 0 Å². The summed E-state index contributed by atoms with van der Waals surface area (Å²) in [5, 5.41) is 2.22. The molecule has 0 radical (unpaired) electrons. The number of hydrogen-bond acceptors (Lipinski definition) is 4. The fourth-order valence-electron chi connectivity index (χ4n) is 7.79. The number of nitrogens with zero attached hydrogens (tertiary/aromatic N) is 4. The Morgan fingerprint density at radius 3 is 1.41 bits per heavy atom.